The molecule has 1 fully saturated rings. The van der Waals surface area contributed by atoms with Crippen molar-refractivity contribution in [3.63, 3.8) is 0 Å². The zero-order chi connectivity index (χ0) is 13.9. The number of halogens is 1. The van der Waals surface area contributed by atoms with Crippen LogP contribution in [0.3, 0.4) is 0 Å². The molecule has 1 amide bonds. The smallest absolute Gasteiger partial charge is 0.220 e. The van der Waals surface area contributed by atoms with Crippen molar-refractivity contribution in [3.8, 4) is 0 Å². The Morgan fingerprint density at radius 2 is 2.00 bits per heavy atom. The molecule has 0 aromatic heterocycles. The first kappa shape index (κ1) is 14.6. The van der Waals surface area contributed by atoms with Crippen LogP contribution in [0.25, 0.3) is 0 Å². The van der Waals surface area contributed by atoms with E-state index in [9.17, 15) is 4.79 Å². The molecule has 1 aromatic carbocycles. The molecule has 0 radical (unpaired) electrons. The van der Waals surface area contributed by atoms with Crippen molar-refractivity contribution in [2.45, 2.75) is 57.4 Å². The summed E-state index contributed by atoms with van der Waals surface area (Å²) >= 11 is 3.47. The van der Waals surface area contributed by atoms with Gasteiger partial charge in [0, 0.05) is 22.4 Å². The maximum atomic E-state index is 11.9. The van der Waals surface area contributed by atoms with Gasteiger partial charge in [0.05, 0.1) is 0 Å². The van der Waals surface area contributed by atoms with Gasteiger partial charge in [-0.3, -0.25) is 4.79 Å². The third-order valence-corrected chi connectivity index (χ3v) is 4.70. The number of carbonyl (C=O) groups is 1. The van der Waals surface area contributed by atoms with E-state index in [1.54, 1.807) is 0 Å². The molecule has 1 unspecified atom stereocenters. The molecule has 0 heterocycles. The average molecular weight is 324 g/mol. The first-order valence-corrected chi connectivity index (χ1v) is 7.93. The van der Waals surface area contributed by atoms with E-state index in [4.69, 9.17) is 0 Å². The van der Waals surface area contributed by atoms with Crippen molar-refractivity contribution >= 4 is 21.8 Å². The van der Waals surface area contributed by atoms with E-state index < -0.39 is 0 Å². The number of benzene rings is 1. The maximum Gasteiger partial charge on any atom is 0.220 e. The highest BCUT2D eigenvalue weighted by atomic mass is 79.9. The summed E-state index contributed by atoms with van der Waals surface area (Å²) in [5, 5.41) is 3.18. The number of unbranched alkanes of at least 4 members (excludes halogenated alkanes) is 1. The summed E-state index contributed by atoms with van der Waals surface area (Å²) < 4.78 is 1.10. The molecule has 3 heteroatoms. The van der Waals surface area contributed by atoms with Gasteiger partial charge in [-0.2, -0.15) is 0 Å². The lowest BCUT2D eigenvalue weighted by atomic mass is 9.89. The third-order valence-electron chi connectivity index (χ3n) is 4.17. The van der Waals surface area contributed by atoms with E-state index >= 15 is 0 Å². The summed E-state index contributed by atoms with van der Waals surface area (Å²) in [5.74, 6) is 0.192. The Morgan fingerprint density at radius 3 is 2.53 bits per heavy atom. The van der Waals surface area contributed by atoms with E-state index in [0.29, 0.717) is 6.42 Å². The Morgan fingerprint density at radius 1 is 1.37 bits per heavy atom. The average Bonchev–Trinajstić information content (AvgIpc) is 3.18. The van der Waals surface area contributed by atoms with E-state index in [0.717, 1.165) is 17.3 Å². The van der Waals surface area contributed by atoms with Crippen molar-refractivity contribution in [2.24, 2.45) is 0 Å². The van der Waals surface area contributed by atoms with Gasteiger partial charge in [0.2, 0.25) is 5.91 Å². The summed E-state index contributed by atoms with van der Waals surface area (Å²) in [4.78, 5) is 11.9. The Hall–Kier alpha value is -0.830. The lowest BCUT2D eigenvalue weighted by Gasteiger charge is -2.25. The Kier molecular flexibility index (Phi) is 4.67. The molecule has 0 saturated heterocycles. The third kappa shape index (κ3) is 3.38. The number of amides is 1. The first-order valence-electron chi connectivity index (χ1n) is 7.14. The standard InChI is InChI=1S/C16H22BrNO/c1-3-4-5-15(19)18-12(2)16(10-11-16)13-6-8-14(17)9-7-13/h6-9,12H,3-5,10-11H2,1-2H3,(H,18,19). The molecule has 1 saturated carbocycles. The van der Waals surface area contributed by atoms with Crippen LogP contribution >= 0.6 is 15.9 Å². The monoisotopic (exact) mass is 323 g/mol. The van der Waals surface area contributed by atoms with Crippen LogP contribution in [0.5, 0.6) is 0 Å². The van der Waals surface area contributed by atoms with Crippen molar-refractivity contribution in [1.29, 1.82) is 0 Å². The molecule has 1 N–H and O–H groups in total. The second-order valence-electron chi connectivity index (χ2n) is 5.56. The van der Waals surface area contributed by atoms with Crippen LogP contribution in [-0.2, 0) is 10.2 Å². The Bertz CT molecular complexity index is 437. The number of nitrogens with one attached hydrogen (secondary N) is 1. The second kappa shape index (κ2) is 6.08. The fourth-order valence-corrected chi connectivity index (χ4v) is 2.94. The molecule has 1 aliphatic rings. The number of rotatable bonds is 6. The van der Waals surface area contributed by atoms with Gasteiger partial charge in [-0.05, 0) is 43.9 Å². The van der Waals surface area contributed by atoms with E-state index in [-0.39, 0.29) is 17.4 Å². The van der Waals surface area contributed by atoms with Crippen LogP contribution in [0.2, 0.25) is 0 Å². The van der Waals surface area contributed by atoms with Crippen molar-refractivity contribution in [3.05, 3.63) is 34.3 Å². The van der Waals surface area contributed by atoms with Crippen LogP contribution in [0.4, 0.5) is 0 Å². The zero-order valence-corrected chi connectivity index (χ0v) is 13.3. The van der Waals surface area contributed by atoms with Crippen molar-refractivity contribution < 1.29 is 4.79 Å². The lowest BCUT2D eigenvalue weighted by molar-refractivity contribution is -0.122. The first-order chi connectivity index (χ1) is 9.08. The fourth-order valence-electron chi connectivity index (χ4n) is 2.68. The van der Waals surface area contributed by atoms with Gasteiger partial charge in [0.25, 0.3) is 0 Å². The van der Waals surface area contributed by atoms with Gasteiger partial charge < -0.3 is 5.32 Å². The van der Waals surface area contributed by atoms with E-state index in [2.05, 4.69) is 59.4 Å². The Balaban J connectivity index is 2.00. The molecule has 0 spiro atoms. The topological polar surface area (TPSA) is 29.1 Å². The quantitative estimate of drug-likeness (QED) is 0.836. The minimum Gasteiger partial charge on any atom is -0.353 e. The van der Waals surface area contributed by atoms with Gasteiger partial charge in [-0.25, -0.2) is 0 Å². The molecular formula is C16H22BrNO. The molecule has 104 valence electrons. The summed E-state index contributed by atoms with van der Waals surface area (Å²) in [6.07, 6.45) is 5.04. The summed E-state index contributed by atoms with van der Waals surface area (Å²) in [5.41, 5.74) is 1.52. The van der Waals surface area contributed by atoms with Crippen LogP contribution in [0.1, 0.15) is 51.5 Å². The van der Waals surface area contributed by atoms with E-state index in [1.807, 2.05) is 0 Å². The van der Waals surface area contributed by atoms with Gasteiger partial charge >= 0.3 is 0 Å². The van der Waals surface area contributed by atoms with Crippen molar-refractivity contribution in [1.82, 2.24) is 5.32 Å². The van der Waals surface area contributed by atoms with E-state index in [1.165, 1.54) is 18.4 Å². The molecule has 2 nitrogen and oxygen atoms in total. The molecule has 1 aromatic rings. The molecular weight excluding hydrogens is 302 g/mol. The number of hydrogen-bond donors (Lipinski definition) is 1. The van der Waals surface area contributed by atoms with Crippen LogP contribution in [0.15, 0.2) is 28.7 Å². The molecule has 2 rings (SSSR count). The fraction of sp³-hybridized carbons (Fsp3) is 0.562. The summed E-state index contributed by atoms with van der Waals surface area (Å²) in [7, 11) is 0. The number of hydrogen-bond acceptors (Lipinski definition) is 1. The number of carbonyl (C=O) groups excluding carboxylic acids is 1. The van der Waals surface area contributed by atoms with Gasteiger partial charge in [-0.15, -0.1) is 0 Å². The molecule has 1 atom stereocenters. The van der Waals surface area contributed by atoms with Crippen LogP contribution in [-0.4, -0.2) is 11.9 Å². The van der Waals surface area contributed by atoms with Gasteiger partial charge in [0.1, 0.15) is 0 Å². The highest BCUT2D eigenvalue weighted by Gasteiger charge is 2.49. The molecule has 0 bridgehead atoms. The van der Waals surface area contributed by atoms with Crippen LogP contribution in [0, 0.1) is 0 Å². The predicted octanol–water partition coefficient (Wildman–Crippen LogP) is 4.18. The maximum absolute atomic E-state index is 11.9. The van der Waals surface area contributed by atoms with Gasteiger partial charge in [0.15, 0.2) is 0 Å². The predicted molar refractivity (Wildman–Crippen MR) is 82.2 cm³/mol. The minimum atomic E-state index is 0.169. The SMILES string of the molecule is CCCCC(=O)NC(C)C1(c2ccc(Br)cc2)CC1. The minimum absolute atomic E-state index is 0.169. The molecule has 0 aliphatic heterocycles. The lowest BCUT2D eigenvalue weighted by Crippen LogP contribution is -2.41. The highest BCUT2D eigenvalue weighted by Crippen LogP contribution is 2.51. The summed E-state index contributed by atoms with van der Waals surface area (Å²) in [6, 6.07) is 8.73. The molecule has 19 heavy (non-hydrogen) atoms. The molecule has 1 aliphatic carbocycles. The van der Waals surface area contributed by atoms with Crippen molar-refractivity contribution in [2.75, 3.05) is 0 Å². The normalized spacial score (nSPS) is 17.8. The highest BCUT2D eigenvalue weighted by molar-refractivity contribution is 9.10. The Labute approximate surface area is 124 Å². The zero-order valence-electron chi connectivity index (χ0n) is 11.7. The van der Waals surface area contributed by atoms with Gasteiger partial charge in [-0.1, -0.05) is 41.4 Å². The second-order valence-corrected chi connectivity index (χ2v) is 6.47. The largest absolute Gasteiger partial charge is 0.353 e. The van der Waals surface area contributed by atoms with Crippen LogP contribution < -0.4 is 5.32 Å². The summed E-state index contributed by atoms with van der Waals surface area (Å²) in [6.45, 7) is 4.25.